The Hall–Kier alpha value is -3.74. The number of anilines is 2. The van der Waals surface area contributed by atoms with Crippen LogP contribution in [0.15, 0.2) is 66.9 Å². The minimum Gasteiger partial charge on any atom is -0.493 e. The Morgan fingerprint density at radius 2 is 1.59 bits per heavy atom. The van der Waals surface area contributed by atoms with E-state index in [9.17, 15) is 4.79 Å². The third kappa shape index (κ3) is 4.76. The second kappa shape index (κ2) is 9.45. The third-order valence-electron chi connectivity index (χ3n) is 4.26. The number of nitrogens with zero attached hydrogens (tertiary/aromatic N) is 2. The van der Waals surface area contributed by atoms with E-state index < -0.39 is 0 Å². The fourth-order valence-electron chi connectivity index (χ4n) is 2.89. The van der Waals surface area contributed by atoms with Gasteiger partial charge in [0, 0.05) is 11.9 Å². The molecular formula is C22H23N3O4. The molecule has 0 radical (unpaired) electrons. The van der Waals surface area contributed by atoms with E-state index in [0.717, 1.165) is 5.56 Å². The number of pyridine rings is 1. The number of para-hydroxylation sites is 1. The molecule has 0 bridgehead atoms. The molecule has 150 valence electrons. The quantitative estimate of drug-likeness (QED) is 0.646. The van der Waals surface area contributed by atoms with Crippen LogP contribution in [-0.4, -0.2) is 32.3 Å². The SMILES string of the molecule is COc1cc(CN(C(=O)Nc2ccccc2)c2ccccn2)cc(OC)c1OC. The summed E-state index contributed by atoms with van der Waals surface area (Å²) >= 11 is 0. The average Bonchev–Trinajstić information content (AvgIpc) is 2.77. The van der Waals surface area contributed by atoms with E-state index in [1.54, 1.807) is 44.6 Å². The predicted octanol–water partition coefficient (Wildman–Crippen LogP) is 4.35. The van der Waals surface area contributed by atoms with Crippen LogP contribution in [0.25, 0.3) is 0 Å². The summed E-state index contributed by atoms with van der Waals surface area (Å²) in [5.41, 5.74) is 1.50. The van der Waals surface area contributed by atoms with Gasteiger partial charge < -0.3 is 19.5 Å². The van der Waals surface area contributed by atoms with Crippen LogP contribution < -0.4 is 24.4 Å². The van der Waals surface area contributed by atoms with Crippen molar-refractivity contribution in [2.75, 3.05) is 31.5 Å². The third-order valence-corrected chi connectivity index (χ3v) is 4.26. The molecule has 3 rings (SSSR count). The Kier molecular flexibility index (Phi) is 6.52. The lowest BCUT2D eigenvalue weighted by Crippen LogP contribution is -2.35. The molecule has 0 aliphatic rings. The van der Waals surface area contributed by atoms with E-state index in [1.165, 1.54) is 0 Å². The number of hydrogen-bond donors (Lipinski definition) is 1. The number of ether oxygens (including phenoxy) is 3. The van der Waals surface area contributed by atoms with Gasteiger partial charge in [-0.05, 0) is 42.0 Å². The number of nitrogens with one attached hydrogen (secondary N) is 1. The number of benzene rings is 2. The highest BCUT2D eigenvalue weighted by Gasteiger charge is 2.20. The number of methoxy groups -OCH3 is 3. The molecule has 0 atom stereocenters. The van der Waals surface area contributed by atoms with Crippen molar-refractivity contribution in [3.8, 4) is 17.2 Å². The molecule has 7 heteroatoms. The summed E-state index contributed by atoms with van der Waals surface area (Å²) in [6, 6.07) is 18.0. The Balaban J connectivity index is 1.94. The largest absolute Gasteiger partial charge is 0.493 e. The molecule has 3 aromatic rings. The van der Waals surface area contributed by atoms with Crippen LogP contribution in [0.4, 0.5) is 16.3 Å². The molecule has 0 aliphatic carbocycles. The first-order valence-corrected chi connectivity index (χ1v) is 8.99. The summed E-state index contributed by atoms with van der Waals surface area (Å²) in [5, 5.41) is 2.90. The van der Waals surface area contributed by atoms with Crippen molar-refractivity contribution in [2.24, 2.45) is 0 Å². The number of hydrogen-bond acceptors (Lipinski definition) is 5. The van der Waals surface area contributed by atoms with Gasteiger partial charge in [-0.15, -0.1) is 0 Å². The minimum atomic E-state index is -0.302. The monoisotopic (exact) mass is 393 g/mol. The van der Waals surface area contributed by atoms with Crippen molar-refractivity contribution in [3.63, 3.8) is 0 Å². The van der Waals surface area contributed by atoms with Crippen LogP contribution in [0.5, 0.6) is 17.2 Å². The number of amides is 2. The van der Waals surface area contributed by atoms with Gasteiger partial charge in [0.25, 0.3) is 0 Å². The van der Waals surface area contributed by atoms with E-state index >= 15 is 0 Å². The first-order chi connectivity index (χ1) is 14.2. The van der Waals surface area contributed by atoms with Crippen LogP contribution in [0.3, 0.4) is 0 Å². The maximum atomic E-state index is 13.0. The fraction of sp³-hybridized carbons (Fsp3) is 0.182. The first-order valence-electron chi connectivity index (χ1n) is 8.99. The van der Waals surface area contributed by atoms with Gasteiger partial charge in [-0.25, -0.2) is 9.78 Å². The lowest BCUT2D eigenvalue weighted by atomic mass is 10.1. The van der Waals surface area contributed by atoms with Crippen molar-refractivity contribution in [2.45, 2.75) is 6.54 Å². The zero-order valence-electron chi connectivity index (χ0n) is 16.6. The molecule has 2 aromatic carbocycles. The van der Waals surface area contributed by atoms with Crippen LogP contribution >= 0.6 is 0 Å². The minimum absolute atomic E-state index is 0.256. The zero-order valence-corrected chi connectivity index (χ0v) is 16.6. The molecule has 7 nitrogen and oxygen atoms in total. The van der Waals surface area contributed by atoms with Crippen molar-refractivity contribution in [3.05, 3.63) is 72.4 Å². The Morgan fingerprint density at radius 3 is 2.14 bits per heavy atom. The first kappa shape index (κ1) is 20.0. The molecular weight excluding hydrogens is 370 g/mol. The Morgan fingerprint density at radius 1 is 0.931 bits per heavy atom. The highest BCUT2D eigenvalue weighted by atomic mass is 16.5. The molecule has 29 heavy (non-hydrogen) atoms. The summed E-state index contributed by atoms with van der Waals surface area (Å²) in [6.07, 6.45) is 1.65. The van der Waals surface area contributed by atoms with Crippen molar-refractivity contribution < 1.29 is 19.0 Å². The van der Waals surface area contributed by atoms with E-state index in [1.807, 2.05) is 48.5 Å². The maximum Gasteiger partial charge on any atom is 0.327 e. The van der Waals surface area contributed by atoms with Gasteiger partial charge in [0.15, 0.2) is 11.5 Å². The summed E-state index contributed by atoms with van der Waals surface area (Å²) in [4.78, 5) is 18.9. The molecule has 0 saturated heterocycles. The zero-order chi connectivity index (χ0) is 20.6. The van der Waals surface area contributed by atoms with Crippen LogP contribution in [0.2, 0.25) is 0 Å². The molecule has 0 aliphatic heterocycles. The second-order valence-electron chi connectivity index (χ2n) is 6.10. The van der Waals surface area contributed by atoms with Crippen LogP contribution in [0.1, 0.15) is 5.56 Å². The van der Waals surface area contributed by atoms with Gasteiger partial charge >= 0.3 is 6.03 Å². The summed E-state index contributed by atoms with van der Waals surface area (Å²) in [6.45, 7) is 0.256. The Labute approximate surface area is 169 Å². The highest BCUT2D eigenvalue weighted by Crippen LogP contribution is 2.38. The topological polar surface area (TPSA) is 72.9 Å². The van der Waals surface area contributed by atoms with Gasteiger partial charge in [0.05, 0.1) is 27.9 Å². The number of carbonyl (C=O) groups is 1. The molecule has 1 N–H and O–H groups in total. The fourth-order valence-corrected chi connectivity index (χ4v) is 2.89. The maximum absolute atomic E-state index is 13.0. The van der Waals surface area contributed by atoms with E-state index in [-0.39, 0.29) is 12.6 Å². The van der Waals surface area contributed by atoms with Gasteiger partial charge in [0.1, 0.15) is 5.82 Å². The van der Waals surface area contributed by atoms with E-state index in [4.69, 9.17) is 14.2 Å². The number of rotatable bonds is 7. The van der Waals surface area contributed by atoms with Gasteiger partial charge in [0.2, 0.25) is 5.75 Å². The summed E-state index contributed by atoms with van der Waals surface area (Å²) < 4.78 is 16.2. The van der Waals surface area contributed by atoms with Crippen molar-refractivity contribution in [1.29, 1.82) is 0 Å². The molecule has 1 heterocycles. The summed E-state index contributed by atoms with van der Waals surface area (Å²) in [7, 11) is 4.66. The number of urea groups is 1. The van der Waals surface area contributed by atoms with Crippen molar-refractivity contribution in [1.82, 2.24) is 4.98 Å². The standard InChI is InChI=1S/C22H23N3O4/c1-27-18-13-16(14-19(28-2)21(18)29-3)15-25(20-11-7-8-12-23-20)22(26)24-17-9-5-4-6-10-17/h4-14H,15H2,1-3H3,(H,24,26). The second-order valence-corrected chi connectivity index (χ2v) is 6.10. The Bertz CT molecular complexity index is 924. The normalized spacial score (nSPS) is 10.2. The lowest BCUT2D eigenvalue weighted by Gasteiger charge is -2.23. The number of aromatic nitrogens is 1. The van der Waals surface area contributed by atoms with Gasteiger partial charge in [-0.3, -0.25) is 4.90 Å². The predicted molar refractivity (Wildman–Crippen MR) is 112 cm³/mol. The van der Waals surface area contributed by atoms with Crippen molar-refractivity contribution >= 4 is 17.5 Å². The highest BCUT2D eigenvalue weighted by molar-refractivity contribution is 6.01. The molecule has 1 aromatic heterocycles. The van der Waals surface area contributed by atoms with E-state index in [0.29, 0.717) is 28.8 Å². The molecule has 0 unspecified atom stereocenters. The van der Waals surface area contributed by atoms with Gasteiger partial charge in [-0.1, -0.05) is 24.3 Å². The molecule has 0 saturated carbocycles. The smallest absolute Gasteiger partial charge is 0.327 e. The van der Waals surface area contributed by atoms with Crippen LogP contribution in [-0.2, 0) is 6.54 Å². The lowest BCUT2D eigenvalue weighted by molar-refractivity contribution is 0.256. The molecule has 0 fully saturated rings. The summed E-state index contributed by atoms with van der Waals surface area (Å²) in [5.74, 6) is 2.06. The van der Waals surface area contributed by atoms with Gasteiger partial charge in [-0.2, -0.15) is 0 Å². The molecule has 0 spiro atoms. The number of carbonyl (C=O) groups excluding carboxylic acids is 1. The van der Waals surface area contributed by atoms with E-state index in [2.05, 4.69) is 10.3 Å². The average molecular weight is 393 g/mol. The van der Waals surface area contributed by atoms with Crippen LogP contribution in [0, 0.1) is 0 Å². The molecule has 2 amide bonds.